The highest BCUT2D eigenvalue weighted by molar-refractivity contribution is 7.99. The molecule has 3 unspecified atom stereocenters. The van der Waals surface area contributed by atoms with Gasteiger partial charge in [0, 0.05) is 22.2 Å². The Hall–Kier alpha value is -0.190. The van der Waals surface area contributed by atoms with Gasteiger partial charge in [-0.2, -0.15) is 11.8 Å². The summed E-state index contributed by atoms with van der Waals surface area (Å²) < 4.78 is 13.9. The predicted octanol–water partition coefficient (Wildman–Crippen LogP) is 4.63. The lowest BCUT2D eigenvalue weighted by Gasteiger charge is -2.29. The number of benzene rings is 1. The number of halogens is 1. The van der Waals surface area contributed by atoms with Crippen molar-refractivity contribution in [1.29, 1.82) is 0 Å². The molecule has 4 heteroatoms. The molecule has 3 atom stereocenters. The first-order valence-electron chi connectivity index (χ1n) is 7.56. The molecular formula is C16H22FNS2. The van der Waals surface area contributed by atoms with E-state index < -0.39 is 0 Å². The fourth-order valence-electron chi connectivity index (χ4n) is 3.32. The smallest absolute Gasteiger partial charge is 0.137 e. The number of rotatable bonds is 4. The minimum Gasteiger partial charge on any atom is -0.307 e. The van der Waals surface area contributed by atoms with Gasteiger partial charge in [0.2, 0.25) is 0 Å². The summed E-state index contributed by atoms with van der Waals surface area (Å²) in [5.74, 6) is 2.18. The Balaban J connectivity index is 1.67. The summed E-state index contributed by atoms with van der Waals surface area (Å²) in [4.78, 5) is 0.869. The second kappa shape index (κ2) is 6.71. The molecule has 110 valence electrons. The molecule has 0 spiro atoms. The van der Waals surface area contributed by atoms with Gasteiger partial charge in [0.25, 0.3) is 0 Å². The molecule has 1 fully saturated rings. The van der Waals surface area contributed by atoms with Crippen LogP contribution in [0.2, 0.25) is 0 Å². The third-order valence-electron chi connectivity index (χ3n) is 4.25. The highest BCUT2D eigenvalue weighted by Gasteiger charge is 2.29. The van der Waals surface area contributed by atoms with E-state index in [1.807, 2.05) is 6.07 Å². The maximum Gasteiger partial charge on any atom is 0.137 e. The van der Waals surface area contributed by atoms with Crippen molar-refractivity contribution in [3.05, 3.63) is 29.6 Å². The highest BCUT2D eigenvalue weighted by atomic mass is 32.2. The number of fused-ring (bicyclic) bond motifs is 1. The van der Waals surface area contributed by atoms with Crippen LogP contribution < -0.4 is 5.32 Å². The first-order valence-corrected chi connectivity index (χ1v) is 9.60. The van der Waals surface area contributed by atoms with Crippen LogP contribution in [-0.2, 0) is 0 Å². The summed E-state index contributed by atoms with van der Waals surface area (Å²) in [6.45, 7) is 2.24. The van der Waals surface area contributed by atoms with E-state index >= 15 is 0 Å². The molecule has 0 aromatic heterocycles. The zero-order valence-corrected chi connectivity index (χ0v) is 13.5. The molecule has 20 heavy (non-hydrogen) atoms. The Kier molecular flexibility index (Phi) is 4.95. The highest BCUT2D eigenvalue weighted by Crippen LogP contribution is 2.39. The summed E-state index contributed by atoms with van der Waals surface area (Å²) in [5.41, 5.74) is 1.17. The predicted molar refractivity (Wildman–Crippen MR) is 87.2 cm³/mol. The van der Waals surface area contributed by atoms with Crippen LogP contribution in [0, 0.1) is 5.82 Å². The van der Waals surface area contributed by atoms with Crippen molar-refractivity contribution in [2.75, 3.05) is 11.5 Å². The van der Waals surface area contributed by atoms with Crippen molar-refractivity contribution in [3.63, 3.8) is 0 Å². The molecule has 1 nitrogen and oxygen atoms in total. The van der Waals surface area contributed by atoms with E-state index in [-0.39, 0.29) is 5.82 Å². The minimum atomic E-state index is -0.0511. The summed E-state index contributed by atoms with van der Waals surface area (Å²) in [6.07, 6.45) is 4.98. The van der Waals surface area contributed by atoms with Crippen LogP contribution in [0.3, 0.4) is 0 Å². The monoisotopic (exact) mass is 311 g/mol. The van der Waals surface area contributed by atoms with Crippen LogP contribution in [-0.4, -0.2) is 22.8 Å². The Morgan fingerprint density at radius 2 is 2.25 bits per heavy atom. The Bertz CT molecular complexity index is 466. The lowest BCUT2D eigenvalue weighted by atomic mass is 10.0. The van der Waals surface area contributed by atoms with Gasteiger partial charge in [-0.05, 0) is 48.8 Å². The average molecular weight is 311 g/mol. The quantitative estimate of drug-likeness (QED) is 0.871. The van der Waals surface area contributed by atoms with E-state index in [1.54, 1.807) is 17.8 Å². The molecule has 0 radical (unpaired) electrons. The largest absolute Gasteiger partial charge is 0.307 e. The normalized spacial score (nSPS) is 29.4. The molecule has 3 rings (SSSR count). The van der Waals surface area contributed by atoms with E-state index in [0.29, 0.717) is 12.1 Å². The van der Waals surface area contributed by atoms with E-state index in [0.717, 1.165) is 22.3 Å². The molecule has 1 aliphatic carbocycles. The van der Waals surface area contributed by atoms with Crippen LogP contribution in [0.25, 0.3) is 0 Å². The van der Waals surface area contributed by atoms with Gasteiger partial charge in [-0.1, -0.05) is 19.1 Å². The first-order chi connectivity index (χ1) is 9.78. The molecular weight excluding hydrogens is 289 g/mol. The molecule has 1 aromatic rings. The molecule has 1 N–H and O–H groups in total. The minimum absolute atomic E-state index is 0.0511. The van der Waals surface area contributed by atoms with E-state index in [9.17, 15) is 4.39 Å². The molecule has 1 heterocycles. The van der Waals surface area contributed by atoms with Crippen LogP contribution >= 0.6 is 23.5 Å². The molecule has 1 aromatic carbocycles. The van der Waals surface area contributed by atoms with Crippen LogP contribution in [0.15, 0.2) is 23.1 Å². The van der Waals surface area contributed by atoms with Gasteiger partial charge in [0.05, 0.1) is 0 Å². The average Bonchev–Trinajstić information content (AvgIpc) is 2.88. The van der Waals surface area contributed by atoms with Gasteiger partial charge in [-0.15, -0.1) is 11.8 Å². The van der Waals surface area contributed by atoms with Crippen molar-refractivity contribution in [2.45, 2.75) is 54.8 Å². The van der Waals surface area contributed by atoms with Crippen molar-refractivity contribution in [3.8, 4) is 0 Å². The second-order valence-electron chi connectivity index (χ2n) is 5.60. The zero-order valence-electron chi connectivity index (χ0n) is 11.9. The number of hydrogen-bond acceptors (Lipinski definition) is 3. The number of thioether (sulfide) groups is 2. The molecule has 1 saturated carbocycles. The van der Waals surface area contributed by atoms with Gasteiger partial charge < -0.3 is 5.32 Å². The molecule has 0 saturated heterocycles. The maximum atomic E-state index is 13.9. The van der Waals surface area contributed by atoms with Crippen molar-refractivity contribution in [1.82, 2.24) is 5.32 Å². The fraction of sp³-hybridized carbons (Fsp3) is 0.625. The van der Waals surface area contributed by atoms with Gasteiger partial charge >= 0.3 is 0 Å². The molecule has 0 bridgehead atoms. The second-order valence-corrected chi connectivity index (χ2v) is 8.28. The maximum absolute atomic E-state index is 13.9. The lowest BCUT2D eigenvalue weighted by molar-refractivity contribution is 0.421. The third kappa shape index (κ3) is 3.18. The Morgan fingerprint density at radius 1 is 1.35 bits per heavy atom. The van der Waals surface area contributed by atoms with Crippen molar-refractivity contribution >= 4 is 23.5 Å². The van der Waals surface area contributed by atoms with E-state index in [2.05, 4.69) is 30.1 Å². The van der Waals surface area contributed by atoms with Crippen LogP contribution in [0.5, 0.6) is 0 Å². The summed E-state index contributed by atoms with van der Waals surface area (Å²) in [7, 11) is 0. The number of nitrogens with one attached hydrogen (secondary N) is 1. The summed E-state index contributed by atoms with van der Waals surface area (Å²) in [5, 5.41) is 4.62. The van der Waals surface area contributed by atoms with Gasteiger partial charge in [0.15, 0.2) is 0 Å². The van der Waals surface area contributed by atoms with Gasteiger partial charge in [-0.25, -0.2) is 4.39 Å². The van der Waals surface area contributed by atoms with Crippen LogP contribution in [0.4, 0.5) is 4.39 Å². The summed E-state index contributed by atoms with van der Waals surface area (Å²) in [6, 6.07) is 6.48. The van der Waals surface area contributed by atoms with Gasteiger partial charge in [0.1, 0.15) is 5.82 Å². The number of hydrogen-bond donors (Lipinski definition) is 1. The standard InChI is InChI=1S/C16H22FNS2/c1-2-19-12-7-6-11(10-12)18-15-8-9-20-16-13(15)4-3-5-14(16)17/h3-5,11-12,15,18H,2,6-10H2,1H3. The third-order valence-corrected chi connectivity index (χ3v) is 6.64. The van der Waals surface area contributed by atoms with E-state index in [1.165, 1.54) is 30.6 Å². The SMILES string of the molecule is CCSC1CCC(NC2CCSc3c(F)cccc32)C1. The topological polar surface area (TPSA) is 12.0 Å². The Morgan fingerprint density at radius 3 is 3.10 bits per heavy atom. The first kappa shape index (κ1) is 14.7. The molecule has 2 aliphatic rings. The van der Waals surface area contributed by atoms with Crippen molar-refractivity contribution < 1.29 is 4.39 Å². The van der Waals surface area contributed by atoms with Crippen molar-refractivity contribution in [2.24, 2.45) is 0 Å². The lowest BCUT2D eigenvalue weighted by Crippen LogP contribution is -2.33. The molecule has 0 amide bonds. The van der Waals surface area contributed by atoms with E-state index in [4.69, 9.17) is 0 Å². The molecule has 1 aliphatic heterocycles. The summed E-state index contributed by atoms with van der Waals surface area (Å²) >= 11 is 3.76. The fourth-order valence-corrected chi connectivity index (χ4v) is 5.61. The zero-order chi connectivity index (χ0) is 13.9. The van der Waals surface area contributed by atoms with Crippen LogP contribution in [0.1, 0.15) is 44.2 Å². The van der Waals surface area contributed by atoms with Gasteiger partial charge in [-0.3, -0.25) is 0 Å². The Labute approximate surface area is 129 Å².